The molecule has 1 saturated carbocycles. The van der Waals surface area contributed by atoms with Gasteiger partial charge < -0.3 is 15.5 Å². The van der Waals surface area contributed by atoms with Crippen molar-refractivity contribution < 1.29 is 4.90 Å². The fourth-order valence-electron chi connectivity index (χ4n) is 4.17. The van der Waals surface area contributed by atoms with Crippen molar-refractivity contribution in [2.45, 2.75) is 70.0 Å². The molecule has 1 aliphatic heterocycles. The Hall–Kier alpha value is -0.650. The number of rotatable bonds is 5. The molecule has 128 valence electrons. The van der Waals surface area contributed by atoms with Gasteiger partial charge in [-0.05, 0) is 43.4 Å². The van der Waals surface area contributed by atoms with Gasteiger partial charge in [-0.2, -0.15) is 0 Å². The first kappa shape index (κ1) is 17.2. The predicted molar refractivity (Wildman–Crippen MR) is 102 cm³/mol. The zero-order chi connectivity index (χ0) is 16.1. The molecule has 1 saturated heterocycles. The lowest BCUT2D eigenvalue weighted by Gasteiger charge is -2.31. The lowest BCUT2D eigenvalue weighted by atomic mass is 9.96. The minimum Gasteiger partial charge on any atom is -0.360 e. The highest BCUT2D eigenvalue weighted by Gasteiger charge is 2.33. The van der Waals surface area contributed by atoms with E-state index in [1.807, 2.05) is 11.3 Å². The standard InChI is InChI=1S/C18H29N3S2/c1-14(19-18(22)20-15-8-3-2-4-9-15)17(16-10-7-13-23-16)21-11-5-6-12-21/h7,10,13-15,17H,2-6,8-9,11-12H2,1H3,(H2,19,20,22)/p+1/t14-,17-/m0/s1. The van der Waals surface area contributed by atoms with Crippen LogP contribution in [0.25, 0.3) is 0 Å². The van der Waals surface area contributed by atoms with Crippen LogP contribution < -0.4 is 15.5 Å². The minimum atomic E-state index is 0.366. The fourth-order valence-corrected chi connectivity index (χ4v) is 5.51. The Morgan fingerprint density at radius 1 is 1.22 bits per heavy atom. The van der Waals surface area contributed by atoms with E-state index >= 15 is 0 Å². The summed E-state index contributed by atoms with van der Waals surface area (Å²) >= 11 is 7.49. The average molecular weight is 353 g/mol. The van der Waals surface area contributed by atoms with Crippen LogP contribution in [0.1, 0.15) is 62.8 Å². The lowest BCUT2D eigenvalue weighted by molar-refractivity contribution is -0.920. The maximum atomic E-state index is 5.61. The van der Waals surface area contributed by atoms with E-state index in [0.717, 1.165) is 5.11 Å². The molecule has 0 spiro atoms. The van der Waals surface area contributed by atoms with Gasteiger partial charge >= 0.3 is 0 Å². The smallest absolute Gasteiger partial charge is 0.166 e. The molecule has 0 unspecified atom stereocenters. The normalized spacial score (nSPS) is 22.7. The van der Waals surface area contributed by atoms with E-state index in [-0.39, 0.29) is 0 Å². The van der Waals surface area contributed by atoms with Crippen LogP contribution in [0.3, 0.4) is 0 Å². The topological polar surface area (TPSA) is 28.5 Å². The molecule has 1 aliphatic carbocycles. The molecule has 2 fully saturated rings. The molecule has 2 aliphatic rings. The van der Waals surface area contributed by atoms with Crippen molar-refractivity contribution in [2.75, 3.05) is 13.1 Å². The monoisotopic (exact) mass is 352 g/mol. The molecule has 0 bridgehead atoms. The van der Waals surface area contributed by atoms with Gasteiger partial charge in [0.2, 0.25) is 0 Å². The van der Waals surface area contributed by atoms with Crippen LogP contribution in [0.4, 0.5) is 0 Å². The molecular weight excluding hydrogens is 322 g/mol. The highest BCUT2D eigenvalue weighted by atomic mass is 32.1. The Bertz CT molecular complexity index is 476. The summed E-state index contributed by atoms with van der Waals surface area (Å²) in [5.74, 6) is 0. The van der Waals surface area contributed by atoms with Crippen molar-refractivity contribution in [1.82, 2.24) is 10.6 Å². The Morgan fingerprint density at radius 3 is 2.61 bits per heavy atom. The maximum Gasteiger partial charge on any atom is 0.166 e. The highest BCUT2D eigenvalue weighted by Crippen LogP contribution is 2.21. The first-order valence-electron chi connectivity index (χ1n) is 9.19. The third kappa shape index (κ3) is 4.68. The number of thiophene rings is 1. The largest absolute Gasteiger partial charge is 0.360 e. The fraction of sp³-hybridized carbons (Fsp3) is 0.722. The summed E-state index contributed by atoms with van der Waals surface area (Å²) in [6, 6.07) is 5.92. The van der Waals surface area contributed by atoms with Crippen molar-refractivity contribution in [3.63, 3.8) is 0 Å². The second-order valence-electron chi connectivity index (χ2n) is 7.10. The third-order valence-electron chi connectivity index (χ3n) is 5.33. The molecule has 5 heteroatoms. The van der Waals surface area contributed by atoms with Gasteiger partial charge in [0, 0.05) is 18.9 Å². The molecule has 0 aromatic carbocycles. The quantitative estimate of drug-likeness (QED) is 0.712. The molecule has 0 amide bonds. The summed E-state index contributed by atoms with van der Waals surface area (Å²) in [4.78, 5) is 3.20. The van der Waals surface area contributed by atoms with Crippen molar-refractivity contribution >= 4 is 28.7 Å². The maximum absolute atomic E-state index is 5.61. The molecule has 3 nitrogen and oxygen atoms in total. The molecule has 3 N–H and O–H groups in total. The molecule has 2 heterocycles. The van der Waals surface area contributed by atoms with E-state index in [2.05, 4.69) is 35.1 Å². The van der Waals surface area contributed by atoms with Crippen molar-refractivity contribution in [2.24, 2.45) is 0 Å². The van der Waals surface area contributed by atoms with E-state index in [4.69, 9.17) is 12.2 Å². The SMILES string of the molecule is C[C@H](NC(=S)NC1CCCCC1)[C@@H](c1cccs1)[NH+]1CCCC1. The lowest BCUT2D eigenvalue weighted by Crippen LogP contribution is -3.11. The van der Waals surface area contributed by atoms with E-state index in [0.29, 0.717) is 18.1 Å². The van der Waals surface area contributed by atoms with Crippen LogP contribution in [0.5, 0.6) is 0 Å². The van der Waals surface area contributed by atoms with Crippen LogP contribution in [0, 0.1) is 0 Å². The molecule has 1 aromatic heterocycles. The Kier molecular flexibility index (Phi) is 6.31. The van der Waals surface area contributed by atoms with Crippen molar-refractivity contribution in [1.29, 1.82) is 0 Å². The van der Waals surface area contributed by atoms with Crippen LogP contribution in [-0.2, 0) is 0 Å². The minimum absolute atomic E-state index is 0.366. The summed E-state index contributed by atoms with van der Waals surface area (Å²) in [5, 5.41) is 10.2. The summed E-state index contributed by atoms with van der Waals surface area (Å²) in [6.45, 7) is 4.87. The van der Waals surface area contributed by atoms with Gasteiger partial charge in [0.05, 0.1) is 24.0 Å². The Morgan fingerprint density at radius 2 is 1.96 bits per heavy atom. The molecule has 23 heavy (non-hydrogen) atoms. The second-order valence-corrected chi connectivity index (χ2v) is 8.49. The molecule has 3 rings (SSSR count). The summed E-state index contributed by atoms with van der Waals surface area (Å²) in [7, 11) is 0. The zero-order valence-corrected chi connectivity index (χ0v) is 15.8. The molecule has 0 radical (unpaired) electrons. The van der Waals surface area contributed by atoms with E-state index in [1.54, 1.807) is 4.90 Å². The first-order chi connectivity index (χ1) is 11.2. The Balaban J connectivity index is 1.59. The number of thiocarbonyl (C=S) groups is 1. The van der Waals surface area contributed by atoms with Gasteiger partial charge in [0.15, 0.2) is 5.11 Å². The number of nitrogens with one attached hydrogen (secondary N) is 3. The van der Waals surface area contributed by atoms with Crippen molar-refractivity contribution in [3.8, 4) is 0 Å². The average Bonchev–Trinajstić information content (AvgIpc) is 3.22. The predicted octanol–water partition coefficient (Wildman–Crippen LogP) is 2.65. The van der Waals surface area contributed by atoms with Crippen LogP contribution in [0.2, 0.25) is 0 Å². The van der Waals surface area contributed by atoms with Crippen LogP contribution in [-0.4, -0.2) is 30.3 Å². The number of hydrogen-bond donors (Lipinski definition) is 3. The first-order valence-corrected chi connectivity index (χ1v) is 10.5. The summed E-state index contributed by atoms with van der Waals surface area (Å²) in [6.07, 6.45) is 9.30. The number of hydrogen-bond acceptors (Lipinski definition) is 2. The van der Waals surface area contributed by atoms with Crippen LogP contribution in [0.15, 0.2) is 17.5 Å². The van der Waals surface area contributed by atoms with Gasteiger partial charge in [-0.3, -0.25) is 0 Å². The van der Waals surface area contributed by atoms with Gasteiger partial charge in [-0.15, -0.1) is 11.3 Å². The second kappa shape index (κ2) is 8.45. The van der Waals surface area contributed by atoms with Gasteiger partial charge in [0.1, 0.15) is 6.04 Å². The van der Waals surface area contributed by atoms with E-state index in [9.17, 15) is 0 Å². The zero-order valence-electron chi connectivity index (χ0n) is 14.1. The number of quaternary nitrogens is 1. The van der Waals surface area contributed by atoms with E-state index < -0.39 is 0 Å². The highest BCUT2D eigenvalue weighted by molar-refractivity contribution is 7.80. The van der Waals surface area contributed by atoms with Gasteiger partial charge in [0.25, 0.3) is 0 Å². The summed E-state index contributed by atoms with van der Waals surface area (Å²) < 4.78 is 0. The third-order valence-corrected chi connectivity index (χ3v) is 6.53. The Labute approximate surface area is 149 Å². The summed E-state index contributed by atoms with van der Waals surface area (Å²) in [5.41, 5.74) is 0. The van der Waals surface area contributed by atoms with Crippen LogP contribution >= 0.6 is 23.6 Å². The molecule has 2 atom stereocenters. The molecule has 1 aromatic rings. The number of likely N-dealkylation sites (tertiary alicyclic amines) is 1. The van der Waals surface area contributed by atoms with Gasteiger partial charge in [-0.25, -0.2) is 0 Å². The van der Waals surface area contributed by atoms with Crippen molar-refractivity contribution in [3.05, 3.63) is 22.4 Å². The van der Waals surface area contributed by atoms with Gasteiger partial charge in [-0.1, -0.05) is 25.3 Å². The molecular formula is C18H30N3S2+. The van der Waals surface area contributed by atoms with E-state index in [1.165, 1.54) is 62.9 Å².